The van der Waals surface area contributed by atoms with Crippen LogP contribution in [0.15, 0.2) is 18.3 Å². The van der Waals surface area contributed by atoms with Crippen LogP contribution >= 0.6 is 0 Å². The fraction of sp³-hybridized carbons (Fsp3) is 0.300. The number of aliphatic hydroxyl groups is 1. The van der Waals surface area contributed by atoms with Gasteiger partial charge in [-0.05, 0) is 18.6 Å². The van der Waals surface area contributed by atoms with Gasteiger partial charge in [-0.2, -0.15) is 0 Å². The quantitative estimate of drug-likeness (QED) is 0.644. The average molecular weight is 224 g/mol. The minimum Gasteiger partial charge on any atom is -0.479 e. The lowest BCUT2D eigenvalue weighted by Gasteiger charge is -2.08. The number of carboxylic acids is 1. The van der Waals surface area contributed by atoms with Crippen molar-refractivity contribution in [2.75, 3.05) is 6.54 Å². The van der Waals surface area contributed by atoms with Gasteiger partial charge in [0.25, 0.3) is 5.91 Å². The normalized spacial score (nSPS) is 11.9. The highest BCUT2D eigenvalue weighted by molar-refractivity contribution is 5.93. The summed E-state index contributed by atoms with van der Waals surface area (Å²) >= 11 is 0. The first-order chi connectivity index (χ1) is 7.52. The lowest BCUT2D eigenvalue weighted by Crippen LogP contribution is -2.37. The van der Waals surface area contributed by atoms with Crippen LogP contribution in [0.4, 0.5) is 0 Å². The summed E-state index contributed by atoms with van der Waals surface area (Å²) in [7, 11) is 0. The largest absolute Gasteiger partial charge is 0.479 e. The first-order valence-electron chi connectivity index (χ1n) is 4.63. The Kier molecular flexibility index (Phi) is 3.96. The van der Waals surface area contributed by atoms with E-state index in [9.17, 15) is 9.59 Å². The number of aromatic nitrogens is 1. The Balaban J connectivity index is 2.60. The number of nitrogens with one attached hydrogen (secondary N) is 1. The molecule has 0 aliphatic heterocycles. The molecule has 0 fully saturated rings. The highest BCUT2D eigenvalue weighted by atomic mass is 16.4. The summed E-state index contributed by atoms with van der Waals surface area (Å²) in [6, 6.07) is 3.41. The van der Waals surface area contributed by atoms with Crippen molar-refractivity contribution in [2.45, 2.75) is 13.0 Å². The van der Waals surface area contributed by atoms with Crippen LogP contribution in [0.25, 0.3) is 0 Å². The van der Waals surface area contributed by atoms with Crippen LogP contribution in [-0.4, -0.2) is 39.7 Å². The number of rotatable bonds is 4. The van der Waals surface area contributed by atoms with Crippen LogP contribution in [0, 0.1) is 6.92 Å². The van der Waals surface area contributed by atoms with Gasteiger partial charge in [0.2, 0.25) is 0 Å². The number of aliphatic carboxylic acids is 1. The molecule has 1 aromatic heterocycles. The molecule has 1 amide bonds. The molecule has 0 saturated heterocycles. The third kappa shape index (κ3) is 3.03. The van der Waals surface area contributed by atoms with Crippen LogP contribution in [0.1, 0.15) is 16.1 Å². The summed E-state index contributed by atoms with van der Waals surface area (Å²) in [4.78, 5) is 25.7. The minimum absolute atomic E-state index is 0.222. The van der Waals surface area contributed by atoms with Crippen LogP contribution in [0.2, 0.25) is 0 Å². The Morgan fingerprint density at radius 2 is 2.25 bits per heavy atom. The second kappa shape index (κ2) is 5.22. The maximum Gasteiger partial charge on any atom is 0.334 e. The molecule has 1 unspecified atom stereocenters. The van der Waals surface area contributed by atoms with Gasteiger partial charge < -0.3 is 15.5 Å². The maximum absolute atomic E-state index is 11.5. The van der Waals surface area contributed by atoms with E-state index >= 15 is 0 Å². The van der Waals surface area contributed by atoms with Crippen molar-refractivity contribution in [1.82, 2.24) is 10.3 Å². The summed E-state index contributed by atoms with van der Waals surface area (Å²) in [5.41, 5.74) is 0.907. The Morgan fingerprint density at radius 1 is 1.56 bits per heavy atom. The Bertz CT molecular complexity index is 406. The molecule has 1 heterocycles. The molecule has 6 nitrogen and oxygen atoms in total. The maximum atomic E-state index is 11.5. The Morgan fingerprint density at radius 3 is 2.81 bits per heavy atom. The summed E-state index contributed by atoms with van der Waals surface area (Å²) in [5.74, 6) is -1.88. The molecule has 0 aliphatic rings. The molecule has 6 heteroatoms. The Hall–Kier alpha value is -1.95. The fourth-order valence-corrected chi connectivity index (χ4v) is 1.08. The number of aliphatic hydroxyl groups excluding tert-OH is 1. The summed E-state index contributed by atoms with van der Waals surface area (Å²) < 4.78 is 0. The highest BCUT2D eigenvalue weighted by Gasteiger charge is 2.16. The van der Waals surface area contributed by atoms with E-state index < -0.39 is 18.0 Å². The van der Waals surface area contributed by atoms with Gasteiger partial charge in [0.05, 0.1) is 6.54 Å². The number of hydrogen-bond donors (Lipinski definition) is 3. The molecule has 0 saturated carbocycles. The zero-order valence-electron chi connectivity index (χ0n) is 8.67. The van der Waals surface area contributed by atoms with E-state index in [2.05, 4.69) is 10.3 Å². The van der Waals surface area contributed by atoms with Gasteiger partial charge in [-0.25, -0.2) is 4.79 Å². The van der Waals surface area contributed by atoms with Gasteiger partial charge in [-0.3, -0.25) is 9.78 Å². The predicted octanol–water partition coefficient (Wildman–Crippen LogP) is -0.435. The second-order valence-corrected chi connectivity index (χ2v) is 3.23. The van der Waals surface area contributed by atoms with Gasteiger partial charge in [0.1, 0.15) is 5.69 Å². The van der Waals surface area contributed by atoms with Crippen LogP contribution < -0.4 is 5.32 Å². The number of carbonyl (C=O) groups is 2. The number of nitrogens with zero attached hydrogens (tertiary/aromatic N) is 1. The minimum atomic E-state index is -1.60. The molecule has 16 heavy (non-hydrogen) atoms. The van der Waals surface area contributed by atoms with Crippen molar-refractivity contribution in [1.29, 1.82) is 0 Å². The smallest absolute Gasteiger partial charge is 0.334 e. The van der Waals surface area contributed by atoms with Gasteiger partial charge in [-0.15, -0.1) is 0 Å². The third-order valence-electron chi connectivity index (χ3n) is 1.97. The van der Waals surface area contributed by atoms with Crippen molar-refractivity contribution in [3.05, 3.63) is 29.6 Å². The first-order valence-corrected chi connectivity index (χ1v) is 4.63. The van der Waals surface area contributed by atoms with Crippen molar-refractivity contribution in [3.63, 3.8) is 0 Å². The van der Waals surface area contributed by atoms with Crippen LogP contribution in [-0.2, 0) is 4.79 Å². The Labute approximate surface area is 91.9 Å². The number of carboxylic acid groups (broad SMARTS) is 1. The van der Waals surface area contributed by atoms with E-state index in [1.807, 2.05) is 0 Å². The molecule has 0 bridgehead atoms. The zero-order valence-corrected chi connectivity index (χ0v) is 8.67. The van der Waals surface area contributed by atoms with E-state index in [-0.39, 0.29) is 12.2 Å². The fourth-order valence-electron chi connectivity index (χ4n) is 1.08. The molecule has 0 aliphatic carbocycles. The van der Waals surface area contributed by atoms with Gasteiger partial charge in [-0.1, -0.05) is 6.07 Å². The first kappa shape index (κ1) is 12.1. The molecule has 86 valence electrons. The third-order valence-corrected chi connectivity index (χ3v) is 1.97. The standard InChI is InChI=1S/C10H12N2O4/c1-6-3-2-4-11-8(6)9(14)12-5-7(13)10(15)16/h2-4,7,13H,5H2,1H3,(H,12,14)(H,15,16). The molecule has 3 N–H and O–H groups in total. The molecule has 1 atom stereocenters. The van der Waals surface area contributed by atoms with Crippen molar-refractivity contribution < 1.29 is 19.8 Å². The van der Waals surface area contributed by atoms with Gasteiger partial charge in [0.15, 0.2) is 6.10 Å². The van der Waals surface area contributed by atoms with Crippen molar-refractivity contribution >= 4 is 11.9 Å². The topological polar surface area (TPSA) is 99.5 Å². The van der Waals surface area contributed by atoms with E-state index in [4.69, 9.17) is 10.2 Å². The monoisotopic (exact) mass is 224 g/mol. The van der Waals surface area contributed by atoms with Gasteiger partial charge >= 0.3 is 5.97 Å². The molecular formula is C10H12N2O4. The molecule has 0 aromatic carbocycles. The molecule has 0 spiro atoms. The SMILES string of the molecule is Cc1cccnc1C(=O)NCC(O)C(=O)O. The van der Waals surface area contributed by atoms with Gasteiger partial charge in [0, 0.05) is 6.20 Å². The highest BCUT2D eigenvalue weighted by Crippen LogP contribution is 2.02. The van der Waals surface area contributed by atoms with E-state index in [0.29, 0.717) is 5.56 Å². The average Bonchev–Trinajstić information content (AvgIpc) is 2.25. The zero-order chi connectivity index (χ0) is 12.1. The number of aryl methyl sites for hydroxylation is 1. The number of amides is 1. The second-order valence-electron chi connectivity index (χ2n) is 3.23. The van der Waals surface area contributed by atoms with Crippen LogP contribution in [0.5, 0.6) is 0 Å². The molecule has 0 radical (unpaired) electrons. The molecule has 1 aromatic rings. The molecular weight excluding hydrogens is 212 g/mol. The predicted molar refractivity (Wildman–Crippen MR) is 54.9 cm³/mol. The van der Waals surface area contributed by atoms with Crippen LogP contribution in [0.3, 0.4) is 0 Å². The van der Waals surface area contributed by atoms with E-state index in [0.717, 1.165) is 0 Å². The lowest BCUT2D eigenvalue weighted by molar-refractivity contribution is -0.146. The summed E-state index contributed by atoms with van der Waals surface area (Å²) in [6.07, 6.45) is -0.136. The van der Waals surface area contributed by atoms with E-state index in [1.165, 1.54) is 6.20 Å². The van der Waals surface area contributed by atoms with Crippen molar-refractivity contribution in [2.24, 2.45) is 0 Å². The van der Waals surface area contributed by atoms with E-state index in [1.54, 1.807) is 19.1 Å². The number of hydrogen-bond acceptors (Lipinski definition) is 4. The molecule has 1 rings (SSSR count). The lowest BCUT2D eigenvalue weighted by atomic mass is 10.2. The summed E-state index contributed by atoms with van der Waals surface area (Å²) in [6.45, 7) is 1.37. The number of carbonyl (C=O) groups excluding carboxylic acids is 1. The summed E-state index contributed by atoms with van der Waals surface area (Å²) in [5, 5.41) is 19.6. The number of pyridine rings is 1. The van der Waals surface area contributed by atoms with Crippen molar-refractivity contribution in [3.8, 4) is 0 Å².